The molecule has 1 aliphatic carbocycles. The zero-order chi connectivity index (χ0) is 11.5. The number of rotatable bonds is 3. The van der Waals surface area contributed by atoms with Gasteiger partial charge in [0.2, 0.25) is 0 Å². The zero-order valence-electron chi connectivity index (χ0n) is 10.0. The van der Waals surface area contributed by atoms with Crippen molar-refractivity contribution >= 4 is 11.6 Å². The van der Waals surface area contributed by atoms with Crippen LogP contribution in [0.2, 0.25) is 5.15 Å². The Balaban J connectivity index is 2.17. The highest BCUT2D eigenvalue weighted by Gasteiger charge is 2.26. The first-order valence-electron chi connectivity index (χ1n) is 6.26. The smallest absolute Gasteiger partial charge is 0.133 e. The molecule has 16 heavy (non-hydrogen) atoms. The van der Waals surface area contributed by atoms with E-state index in [-0.39, 0.29) is 0 Å². The van der Waals surface area contributed by atoms with Crippen LogP contribution < -0.4 is 0 Å². The summed E-state index contributed by atoms with van der Waals surface area (Å²) in [7, 11) is 0. The summed E-state index contributed by atoms with van der Waals surface area (Å²) in [5.74, 6) is 2.37. The van der Waals surface area contributed by atoms with Crippen molar-refractivity contribution in [3.63, 3.8) is 0 Å². The van der Waals surface area contributed by atoms with E-state index in [1.807, 2.05) is 6.07 Å². The van der Waals surface area contributed by atoms with E-state index < -0.39 is 0 Å². The third kappa shape index (κ3) is 2.54. The van der Waals surface area contributed by atoms with Crippen molar-refractivity contribution in [2.75, 3.05) is 0 Å². The first-order chi connectivity index (χ1) is 7.72. The Bertz CT molecular complexity index is 365. The fourth-order valence-corrected chi connectivity index (χ4v) is 2.74. The van der Waals surface area contributed by atoms with Gasteiger partial charge in [-0.3, -0.25) is 0 Å². The number of aryl methyl sites for hydroxylation is 1. The Morgan fingerprint density at radius 1 is 1.31 bits per heavy atom. The fourth-order valence-electron chi connectivity index (χ4n) is 2.53. The lowest BCUT2D eigenvalue weighted by atomic mass is 10.0. The van der Waals surface area contributed by atoms with Crippen molar-refractivity contribution in [2.24, 2.45) is 5.92 Å². The van der Waals surface area contributed by atoms with Crippen LogP contribution in [0.5, 0.6) is 0 Å². The topological polar surface area (TPSA) is 25.8 Å². The molecule has 0 aliphatic heterocycles. The second-order valence-electron chi connectivity index (χ2n) is 4.68. The summed E-state index contributed by atoms with van der Waals surface area (Å²) in [4.78, 5) is 8.99. The van der Waals surface area contributed by atoms with Gasteiger partial charge in [-0.1, -0.05) is 31.9 Å². The average molecular weight is 239 g/mol. The molecule has 1 heterocycles. The lowest BCUT2D eigenvalue weighted by Gasteiger charge is -2.10. The maximum Gasteiger partial charge on any atom is 0.133 e. The van der Waals surface area contributed by atoms with Crippen molar-refractivity contribution < 1.29 is 0 Å². The molecule has 1 aliphatic rings. The number of nitrogens with zero attached hydrogens (tertiary/aromatic N) is 2. The van der Waals surface area contributed by atoms with E-state index in [4.69, 9.17) is 11.6 Å². The van der Waals surface area contributed by atoms with E-state index in [0.717, 1.165) is 23.9 Å². The Morgan fingerprint density at radius 2 is 2.12 bits per heavy atom. The largest absolute Gasteiger partial charge is 0.238 e. The highest BCUT2D eigenvalue weighted by Crippen LogP contribution is 2.38. The Labute approximate surface area is 102 Å². The summed E-state index contributed by atoms with van der Waals surface area (Å²) >= 11 is 6.03. The SMILES string of the molecule is CCc1cc(Cl)nc(C2CCC(CC)C2)n1. The number of hydrogen-bond donors (Lipinski definition) is 0. The molecule has 88 valence electrons. The molecular weight excluding hydrogens is 220 g/mol. The van der Waals surface area contributed by atoms with Crippen molar-refractivity contribution in [3.05, 3.63) is 22.7 Å². The highest BCUT2D eigenvalue weighted by molar-refractivity contribution is 6.29. The van der Waals surface area contributed by atoms with Gasteiger partial charge in [0, 0.05) is 11.6 Å². The quantitative estimate of drug-likeness (QED) is 0.745. The monoisotopic (exact) mass is 238 g/mol. The van der Waals surface area contributed by atoms with Gasteiger partial charge in [-0.2, -0.15) is 0 Å². The van der Waals surface area contributed by atoms with Crippen LogP contribution in [0.15, 0.2) is 6.07 Å². The molecule has 0 amide bonds. The third-order valence-electron chi connectivity index (χ3n) is 3.61. The minimum atomic E-state index is 0.536. The van der Waals surface area contributed by atoms with Gasteiger partial charge in [-0.25, -0.2) is 9.97 Å². The molecule has 2 rings (SSSR count). The van der Waals surface area contributed by atoms with Gasteiger partial charge in [-0.05, 0) is 37.7 Å². The van der Waals surface area contributed by atoms with Crippen LogP contribution in [0.4, 0.5) is 0 Å². The highest BCUT2D eigenvalue weighted by atomic mass is 35.5. The minimum absolute atomic E-state index is 0.536. The normalized spacial score (nSPS) is 24.9. The molecule has 1 aromatic rings. The molecule has 0 spiro atoms. The van der Waals surface area contributed by atoms with E-state index in [1.54, 1.807) is 0 Å². The molecule has 0 aromatic carbocycles. The molecular formula is C13H19ClN2. The molecule has 1 saturated carbocycles. The lowest BCUT2D eigenvalue weighted by molar-refractivity contribution is 0.516. The Morgan fingerprint density at radius 3 is 2.75 bits per heavy atom. The summed E-state index contributed by atoms with van der Waals surface area (Å²) < 4.78 is 0. The van der Waals surface area contributed by atoms with Crippen LogP contribution in [0.25, 0.3) is 0 Å². The van der Waals surface area contributed by atoms with Gasteiger partial charge in [0.05, 0.1) is 0 Å². The van der Waals surface area contributed by atoms with E-state index in [2.05, 4.69) is 23.8 Å². The molecule has 2 nitrogen and oxygen atoms in total. The summed E-state index contributed by atoms with van der Waals surface area (Å²) in [6, 6.07) is 1.87. The van der Waals surface area contributed by atoms with E-state index in [1.165, 1.54) is 25.7 Å². The summed E-state index contributed by atoms with van der Waals surface area (Å²) in [6.45, 7) is 4.37. The van der Waals surface area contributed by atoms with Gasteiger partial charge in [0.1, 0.15) is 11.0 Å². The molecule has 0 radical (unpaired) electrons. The molecule has 0 saturated heterocycles. The van der Waals surface area contributed by atoms with Crippen LogP contribution in [0.1, 0.15) is 57.0 Å². The standard InChI is InChI=1S/C13H19ClN2/c1-3-9-5-6-10(7-9)13-15-11(4-2)8-12(14)16-13/h8-10H,3-7H2,1-2H3. The van der Waals surface area contributed by atoms with Crippen LogP contribution in [0.3, 0.4) is 0 Å². The van der Waals surface area contributed by atoms with Gasteiger partial charge < -0.3 is 0 Å². The van der Waals surface area contributed by atoms with E-state index in [9.17, 15) is 0 Å². The molecule has 1 fully saturated rings. The molecule has 3 heteroatoms. The predicted octanol–water partition coefficient (Wildman–Crippen LogP) is 3.99. The second kappa shape index (κ2) is 5.13. The molecule has 1 aromatic heterocycles. The summed E-state index contributed by atoms with van der Waals surface area (Å²) in [5.41, 5.74) is 1.06. The summed E-state index contributed by atoms with van der Waals surface area (Å²) in [5, 5.41) is 0.599. The van der Waals surface area contributed by atoms with Crippen molar-refractivity contribution in [1.29, 1.82) is 0 Å². The maximum absolute atomic E-state index is 6.03. The zero-order valence-corrected chi connectivity index (χ0v) is 10.8. The number of halogens is 1. The molecule has 2 unspecified atom stereocenters. The maximum atomic E-state index is 6.03. The van der Waals surface area contributed by atoms with Gasteiger partial charge >= 0.3 is 0 Å². The van der Waals surface area contributed by atoms with E-state index in [0.29, 0.717) is 11.1 Å². The van der Waals surface area contributed by atoms with Crippen molar-refractivity contribution in [2.45, 2.75) is 51.9 Å². The number of hydrogen-bond acceptors (Lipinski definition) is 2. The first-order valence-corrected chi connectivity index (χ1v) is 6.64. The van der Waals surface area contributed by atoms with Gasteiger partial charge in [0.15, 0.2) is 0 Å². The van der Waals surface area contributed by atoms with Gasteiger partial charge in [0.25, 0.3) is 0 Å². The predicted molar refractivity (Wildman–Crippen MR) is 66.8 cm³/mol. The Hall–Kier alpha value is -0.630. The van der Waals surface area contributed by atoms with Crippen molar-refractivity contribution in [3.8, 4) is 0 Å². The fraction of sp³-hybridized carbons (Fsp3) is 0.692. The second-order valence-corrected chi connectivity index (χ2v) is 5.07. The van der Waals surface area contributed by atoms with Crippen LogP contribution >= 0.6 is 11.6 Å². The summed E-state index contributed by atoms with van der Waals surface area (Å²) in [6.07, 6.45) is 5.98. The molecule has 2 atom stereocenters. The molecule has 0 bridgehead atoms. The van der Waals surface area contributed by atoms with Crippen molar-refractivity contribution in [1.82, 2.24) is 9.97 Å². The van der Waals surface area contributed by atoms with Crippen LogP contribution in [-0.4, -0.2) is 9.97 Å². The Kier molecular flexibility index (Phi) is 3.80. The average Bonchev–Trinajstić information content (AvgIpc) is 2.76. The van der Waals surface area contributed by atoms with Crippen LogP contribution in [-0.2, 0) is 6.42 Å². The van der Waals surface area contributed by atoms with Gasteiger partial charge in [-0.15, -0.1) is 0 Å². The first kappa shape index (κ1) is 11.8. The third-order valence-corrected chi connectivity index (χ3v) is 3.80. The minimum Gasteiger partial charge on any atom is -0.238 e. The van der Waals surface area contributed by atoms with Crippen LogP contribution in [0, 0.1) is 5.92 Å². The number of aromatic nitrogens is 2. The molecule has 0 N–H and O–H groups in total. The lowest BCUT2D eigenvalue weighted by Crippen LogP contribution is -2.04. The van der Waals surface area contributed by atoms with E-state index >= 15 is 0 Å².